The van der Waals surface area contributed by atoms with Crippen LogP contribution in [0.5, 0.6) is 0 Å². The van der Waals surface area contributed by atoms with Crippen molar-refractivity contribution in [3.05, 3.63) is 58.5 Å². The van der Waals surface area contributed by atoms with Crippen molar-refractivity contribution in [1.29, 1.82) is 0 Å². The summed E-state index contributed by atoms with van der Waals surface area (Å²) in [6.45, 7) is 7.00. The van der Waals surface area contributed by atoms with Crippen molar-refractivity contribution < 1.29 is 9.18 Å². The SMILES string of the molecule is CCC(c1cc(C)ccc1F)N1CCN(CCCc2ccc3c(n2)NCCC3)C1=O. The van der Waals surface area contributed by atoms with E-state index in [0.717, 1.165) is 49.3 Å². The molecule has 3 heterocycles. The Labute approximate surface area is 178 Å². The Morgan fingerprint density at radius 3 is 2.93 bits per heavy atom. The first kappa shape index (κ1) is 20.6. The number of hydrogen-bond donors (Lipinski definition) is 1. The average Bonchev–Trinajstić information content (AvgIpc) is 3.11. The van der Waals surface area contributed by atoms with Crippen molar-refractivity contribution in [2.24, 2.45) is 0 Å². The van der Waals surface area contributed by atoms with E-state index in [0.29, 0.717) is 31.6 Å². The van der Waals surface area contributed by atoms with Crippen LogP contribution in [0.2, 0.25) is 0 Å². The van der Waals surface area contributed by atoms with E-state index < -0.39 is 0 Å². The van der Waals surface area contributed by atoms with E-state index in [1.165, 1.54) is 11.6 Å². The van der Waals surface area contributed by atoms with Gasteiger partial charge in [0.15, 0.2) is 0 Å². The summed E-state index contributed by atoms with van der Waals surface area (Å²) in [6.07, 6.45) is 4.68. The van der Waals surface area contributed by atoms with E-state index in [4.69, 9.17) is 4.98 Å². The zero-order chi connectivity index (χ0) is 21.1. The Morgan fingerprint density at radius 1 is 1.23 bits per heavy atom. The Kier molecular flexibility index (Phi) is 6.21. The van der Waals surface area contributed by atoms with Crippen LogP contribution < -0.4 is 5.32 Å². The minimum atomic E-state index is -0.231. The largest absolute Gasteiger partial charge is 0.370 e. The Balaban J connectivity index is 1.35. The molecular formula is C24H31FN4O. The second-order valence-electron chi connectivity index (χ2n) is 8.36. The fourth-order valence-electron chi connectivity index (χ4n) is 4.58. The molecule has 0 bridgehead atoms. The van der Waals surface area contributed by atoms with Gasteiger partial charge in [0.1, 0.15) is 11.6 Å². The molecule has 0 radical (unpaired) electrons. The van der Waals surface area contributed by atoms with Gasteiger partial charge in [-0.15, -0.1) is 0 Å². The van der Waals surface area contributed by atoms with Gasteiger partial charge in [-0.25, -0.2) is 14.2 Å². The summed E-state index contributed by atoms with van der Waals surface area (Å²) in [5, 5.41) is 3.38. The molecule has 2 amide bonds. The Bertz CT molecular complexity index is 916. The molecule has 1 atom stereocenters. The topological polar surface area (TPSA) is 48.5 Å². The van der Waals surface area contributed by atoms with Crippen LogP contribution in [0.3, 0.4) is 0 Å². The number of urea groups is 1. The molecule has 1 saturated heterocycles. The van der Waals surface area contributed by atoms with E-state index in [2.05, 4.69) is 17.4 Å². The van der Waals surface area contributed by atoms with Crippen molar-refractivity contribution >= 4 is 11.8 Å². The normalized spacial score (nSPS) is 17.1. The number of hydrogen-bond acceptors (Lipinski definition) is 3. The fourth-order valence-corrected chi connectivity index (χ4v) is 4.58. The second kappa shape index (κ2) is 9.02. The van der Waals surface area contributed by atoms with Gasteiger partial charge in [0.2, 0.25) is 0 Å². The lowest BCUT2D eigenvalue weighted by atomic mass is 10.0. The summed E-state index contributed by atoms with van der Waals surface area (Å²) in [4.78, 5) is 21.5. The summed E-state index contributed by atoms with van der Waals surface area (Å²) < 4.78 is 14.4. The summed E-state index contributed by atoms with van der Waals surface area (Å²) in [5.41, 5.74) is 4.00. The smallest absolute Gasteiger partial charge is 0.320 e. The quantitative estimate of drug-likeness (QED) is 0.719. The van der Waals surface area contributed by atoms with Gasteiger partial charge in [-0.2, -0.15) is 0 Å². The molecule has 6 heteroatoms. The van der Waals surface area contributed by atoms with E-state index >= 15 is 0 Å². The molecule has 30 heavy (non-hydrogen) atoms. The highest BCUT2D eigenvalue weighted by atomic mass is 19.1. The van der Waals surface area contributed by atoms with E-state index in [1.54, 1.807) is 6.07 Å². The number of anilines is 1. The lowest BCUT2D eigenvalue weighted by Crippen LogP contribution is -2.35. The van der Waals surface area contributed by atoms with Crippen LogP contribution in [-0.2, 0) is 12.8 Å². The molecular weight excluding hydrogens is 379 g/mol. The van der Waals surface area contributed by atoms with Gasteiger partial charge in [0.05, 0.1) is 6.04 Å². The van der Waals surface area contributed by atoms with Crippen molar-refractivity contribution in [3.8, 4) is 0 Å². The maximum absolute atomic E-state index is 14.4. The predicted octanol–water partition coefficient (Wildman–Crippen LogP) is 4.71. The number of carbonyl (C=O) groups excluding carboxylic acids is 1. The van der Waals surface area contributed by atoms with Gasteiger partial charge in [-0.05, 0) is 56.7 Å². The number of fused-ring (bicyclic) bond motifs is 1. The summed E-state index contributed by atoms with van der Waals surface area (Å²) in [5.74, 6) is 0.791. The number of aryl methyl sites for hydroxylation is 3. The van der Waals surface area contributed by atoms with E-state index in [9.17, 15) is 9.18 Å². The molecule has 2 aromatic rings. The number of pyridine rings is 1. The third-order valence-corrected chi connectivity index (χ3v) is 6.21. The maximum atomic E-state index is 14.4. The highest BCUT2D eigenvalue weighted by Gasteiger charge is 2.34. The van der Waals surface area contributed by atoms with Crippen LogP contribution in [0.4, 0.5) is 15.0 Å². The van der Waals surface area contributed by atoms with Gasteiger partial charge < -0.3 is 15.1 Å². The van der Waals surface area contributed by atoms with E-state index in [1.807, 2.05) is 29.7 Å². The van der Waals surface area contributed by atoms with Gasteiger partial charge in [-0.1, -0.05) is 30.7 Å². The number of carbonyl (C=O) groups is 1. The first-order valence-corrected chi connectivity index (χ1v) is 11.1. The van der Waals surface area contributed by atoms with Gasteiger partial charge in [-0.3, -0.25) is 0 Å². The van der Waals surface area contributed by atoms with Crippen LogP contribution in [0.1, 0.15) is 54.6 Å². The molecule has 1 aromatic carbocycles. The lowest BCUT2D eigenvalue weighted by molar-refractivity contribution is 0.174. The molecule has 5 nitrogen and oxygen atoms in total. The molecule has 160 valence electrons. The average molecular weight is 411 g/mol. The van der Waals surface area contributed by atoms with E-state index in [-0.39, 0.29) is 17.9 Å². The van der Waals surface area contributed by atoms with Crippen molar-refractivity contribution in [2.45, 2.75) is 52.0 Å². The Morgan fingerprint density at radius 2 is 2.10 bits per heavy atom. The minimum Gasteiger partial charge on any atom is -0.370 e. The molecule has 1 unspecified atom stereocenters. The first-order valence-electron chi connectivity index (χ1n) is 11.1. The van der Waals surface area contributed by atoms with Crippen LogP contribution in [0, 0.1) is 12.7 Å². The number of aromatic nitrogens is 1. The number of amides is 2. The highest BCUT2D eigenvalue weighted by Crippen LogP contribution is 2.30. The number of benzene rings is 1. The highest BCUT2D eigenvalue weighted by molar-refractivity contribution is 5.77. The van der Waals surface area contributed by atoms with Crippen molar-refractivity contribution in [2.75, 3.05) is 31.5 Å². The van der Waals surface area contributed by atoms with Crippen LogP contribution in [0.15, 0.2) is 30.3 Å². The second-order valence-corrected chi connectivity index (χ2v) is 8.36. The molecule has 2 aliphatic heterocycles. The van der Waals surface area contributed by atoms with Crippen molar-refractivity contribution in [3.63, 3.8) is 0 Å². The zero-order valence-corrected chi connectivity index (χ0v) is 18.0. The fraction of sp³-hybridized carbons (Fsp3) is 0.500. The Hall–Kier alpha value is -2.63. The standard InChI is InChI=1S/C24H31FN4O/c1-3-22(20-16-17(2)8-11-21(20)25)29-15-14-28(24(29)30)13-5-7-19-10-9-18-6-4-12-26-23(18)27-19/h8-11,16,22H,3-7,12-15H2,1-2H3,(H,26,27). The third kappa shape index (κ3) is 4.27. The van der Waals surface area contributed by atoms with Crippen LogP contribution in [-0.4, -0.2) is 47.0 Å². The van der Waals surface area contributed by atoms with Crippen molar-refractivity contribution in [1.82, 2.24) is 14.8 Å². The van der Waals surface area contributed by atoms with Gasteiger partial charge >= 0.3 is 6.03 Å². The number of halogens is 1. The number of nitrogens with one attached hydrogen (secondary N) is 1. The van der Waals surface area contributed by atoms with Gasteiger partial charge in [0.25, 0.3) is 0 Å². The molecule has 0 aliphatic carbocycles. The summed E-state index contributed by atoms with van der Waals surface area (Å²) in [6, 6.07) is 9.24. The zero-order valence-electron chi connectivity index (χ0n) is 18.0. The van der Waals surface area contributed by atoms with Crippen LogP contribution >= 0.6 is 0 Å². The number of rotatable bonds is 7. The van der Waals surface area contributed by atoms with Crippen LogP contribution in [0.25, 0.3) is 0 Å². The monoisotopic (exact) mass is 410 g/mol. The summed E-state index contributed by atoms with van der Waals surface area (Å²) in [7, 11) is 0. The third-order valence-electron chi connectivity index (χ3n) is 6.21. The molecule has 1 fully saturated rings. The molecule has 0 spiro atoms. The minimum absolute atomic E-state index is 0.0165. The molecule has 1 aromatic heterocycles. The maximum Gasteiger partial charge on any atom is 0.320 e. The molecule has 0 saturated carbocycles. The molecule has 2 aliphatic rings. The summed E-state index contributed by atoms with van der Waals surface area (Å²) >= 11 is 0. The molecule has 4 rings (SSSR count). The predicted molar refractivity (Wildman–Crippen MR) is 117 cm³/mol. The number of nitrogens with zero attached hydrogens (tertiary/aromatic N) is 3. The lowest BCUT2D eigenvalue weighted by Gasteiger charge is -2.28. The van der Waals surface area contributed by atoms with Gasteiger partial charge in [0, 0.05) is 37.4 Å². The molecule has 1 N–H and O–H groups in total. The first-order chi connectivity index (χ1) is 14.6.